The van der Waals surface area contributed by atoms with Crippen molar-refractivity contribution in [1.29, 1.82) is 0 Å². The van der Waals surface area contributed by atoms with Crippen LogP contribution >= 0.6 is 22.9 Å². The van der Waals surface area contributed by atoms with E-state index in [9.17, 15) is 14.4 Å². The summed E-state index contributed by atoms with van der Waals surface area (Å²) in [7, 11) is 5.51. The Labute approximate surface area is 180 Å². The smallest absolute Gasteiger partial charge is 0.280 e. The van der Waals surface area contributed by atoms with Gasteiger partial charge < -0.3 is 20.4 Å². The Morgan fingerprint density at radius 1 is 1.24 bits per heavy atom. The summed E-state index contributed by atoms with van der Waals surface area (Å²) in [5, 5.41) is 6.35. The lowest BCUT2D eigenvalue weighted by atomic mass is 9.81. The van der Waals surface area contributed by atoms with E-state index in [2.05, 4.69) is 27.6 Å². The number of nitrogens with one attached hydrogen (secondary N) is 2. The van der Waals surface area contributed by atoms with E-state index in [4.69, 9.17) is 11.6 Å². The number of likely N-dealkylation sites (N-methyl/N-ethyl adjacent to an activating group) is 1. The summed E-state index contributed by atoms with van der Waals surface area (Å²) < 4.78 is 0. The monoisotopic (exact) mass is 441 g/mol. The van der Waals surface area contributed by atoms with Gasteiger partial charge in [-0.1, -0.05) is 0 Å². The molecule has 3 amide bonds. The van der Waals surface area contributed by atoms with Crippen molar-refractivity contribution in [2.75, 3.05) is 33.6 Å². The molecule has 1 fully saturated rings. The summed E-state index contributed by atoms with van der Waals surface area (Å²) in [6, 6.07) is -0.599. The predicted molar refractivity (Wildman–Crippen MR) is 112 cm³/mol. The lowest BCUT2D eigenvalue weighted by Gasteiger charge is -2.37. The number of fused-ring (bicyclic) bond motifs is 1. The van der Waals surface area contributed by atoms with Gasteiger partial charge in [0.1, 0.15) is 5.88 Å². The van der Waals surface area contributed by atoms with Crippen LogP contribution in [-0.4, -0.2) is 78.2 Å². The summed E-state index contributed by atoms with van der Waals surface area (Å²) in [4.78, 5) is 46.6. The minimum absolute atomic E-state index is 0.0409. The number of thiazole rings is 1. The molecule has 1 aliphatic heterocycles. The first-order valence-electron chi connectivity index (χ1n) is 9.83. The van der Waals surface area contributed by atoms with E-state index < -0.39 is 0 Å². The van der Waals surface area contributed by atoms with Crippen LogP contribution in [0.25, 0.3) is 0 Å². The number of alkyl halides is 1. The van der Waals surface area contributed by atoms with Gasteiger partial charge in [-0.2, -0.15) is 0 Å². The minimum atomic E-state index is -0.346. The molecule has 8 nitrogen and oxygen atoms in total. The van der Waals surface area contributed by atoms with Gasteiger partial charge >= 0.3 is 0 Å². The molecule has 0 saturated heterocycles. The van der Waals surface area contributed by atoms with Crippen molar-refractivity contribution >= 4 is 40.7 Å². The minimum Gasteiger partial charge on any atom is -0.350 e. The summed E-state index contributed by atoms with van der Waals surface area (Å²) >= 11 is 7.06. The quantitative estimate of drug-likeness (QED) is 0.660. The Morgan fingerprint density at radius 3 is 2.69 bits per heavy atom. The number of nitrogens with zero attached hydrogens (tertiary/aromatic N) is 3. The van der Waals surface area contributed by atoms with Crippen LogP contribution in [0.2, 0.25) is 0 Å². The van der Waals surface area contributed by atoms with Crippen LogP contribution in [0, 0.1) is 5.92 Å². The summed E-state index contributed by atoms with van der Waals surface area (Å²) in [5.41, 5.74) is 0.995. The molecule has 0 bridgehead atoms. The molecule has 1 aliphatic carbocycles. The number of rotatable bonds is 5. The first-order chi connectivity index (χ1) is 13.8. The molecular formula is C19H28ClN5O3S. The normalized spacial score (nSPS) is 24.5. The van der Waals surface area contributed by atoms with E-state index in [1.54, 1.807) is 19.0 Å². The second-order valence-electron chi connectivity index (χ2n) is 8.01. The first-order valence-corrected chi connectivity index (χ1v) is 11.2. The molecule has 29 heavy (non-hydrogen) atoms. The highest BCUT2D eigenvalue weighted by Crippen LogP contribution is 2.28. The van der Waals surface area contributed by atoms with Crippen LogP contribution in [0.5, 0.6) is 0 Å². The molecule has 0 spiro atoms. The molecule has 10 heteroatoms. The Balaban J connectivity index is 1.73. The van der Waals surface area contributed by atoms with Crippen LogP contribution in [-0.2, 0) is 22.6 Å². The number of hydrogen-bond donors (Lipinski definition) is 2. The molecule has 3 rings (SSSR count). The van der Waals surface area contributed by atoms with Crippen molar-refractivity contribution in [2.45, 2.75) is 44.3 Å². The molecule has 1 saturated carbocycles. The van der Waals surface area contributed by atoms with E-state index in [-0.39, 0.29) is 41.6 Å². The predicted octanol–water partition coefficient (Wildman–Crippen LogP) is 0.841. The van der Waals surface area contributed by atoms with E-state index in [0.29, 0.717) is 24.3 Å². The van der Waals surface area contributed by atoms with E-state index in [1.807, 2.05) is 0 Å². The highest BCUT2D eigenvalue weighted by Gasteiger charge is 2.36. The topological polar surface area (TPSA) is 94.6 Å². The number of halogens is 1. The maximum absolute atomic E-state index is 12.9. The van der Waals surface area contributed by atoms with Gasteiger partial charge in [0.25, 0.3) is 5.91 Å². The summed E-state index contributed by atoms with van der Waals surface area (Å²) in [6.07, 6.45) is 2.59. The number of hydrogen-bond acceptors (Lipinski definition) is 6. The van der Waals surface area contributed by atoms with Crippen molar-refractivity contribution in [3.8, 4) is 0 Å². The molecule has 2 N–H and O–H groups in total. The van der Waals surface area contributed by atoms with Crippen molar-refractivity contribution in [1.82, 2.24) is 25.4 Å². The summed E-state index contributed by atoms with van der Waals surface area (Å²) in [6.45, 7) is 1.73. The highest BCUT2D eigenvalue weighted by molar-refractivity contribution is 7.13. The lowest BCUT2D eigenvalue weighted by Crippen LogP contribution is -2.56. The molecule has 2 aliphatic rings. The fourth-order valence-corrected chi connectivity index (χ4v) is 5.16. The first kappa shape index (κ1) is 22.0. The zero-order valence-corrected chi connectivity index (χ0v) is 18.6. The van der Waals surface area contributed by atoms with Gasteiger partial charge in [0, 0.05) is 50.4 Å². The zero-order valence-electron chi connectivity index (χ0n) is 17.0. The molecule has 0 aromatic carbocycles. The van der Waals surface area contributed by atoms with Crippen molar-refractivity contribution in [3.63, 3.8) is 0 Å². The van der Waals surface area contributed by atoms with Gasteiger partial charge in [0.05, 0.1) is 11.7 Å². The van der Waals surface area contributed by atoms with Gasteiger partial charge in [0.2, 0.25) is 11.8 Å². The largest absolute Gasteiger partial charge is 0.350 e. The number of carbonyl (C=O) groups is 3. The third-order valence-corrected chi connectivity index (χ3v) is 6.86. The summed E-state index contributed by atoms with van der Waals surface area (Å²) in [5.74, 6) is -0.804. The molecule has 160 valence electrons. The average Bonchev–Trinajstić information content (AvgIpc) is 3.11. The highest BCUT2D eigenvalue weighted by atomic mass is 35.5. The lowest BCUT2D eigenvalue weighted by molar-refractivity contribution is -0.134. The van der Waals surface area contributed by atoms with Crippen LogP contribution in [0.1, 0.15) is 39.6 Å². The Morgan fingerprint density at radius 2 is 2.00 bits per heavy atom. The van der Waals surface area contributed by atoms with E-state index >= 15 is 0 Å². The average molecular weight is 442 g/mol. The molecule has 0 unspecified atom stereocenters. The fourth-order valence-electron chi connectivity index (χ4n) is 3.99. The van der Waals surface area contributed by atoms with Gasteiger partial charge in [-0.3, -0.25) is 14.4 Å². The number of aromatic nitrogens is 1. The van der Waals surface area contributed by atoms with Gasteiger partial charge in [-0.15, -0.1) is 22.9 Å². The van der Waals surface area contributed by atoms with Gasteiger partial charge in [-0.25, -0.2) is 4.98 Å². The fraction of sp³-hybridized carbons (Fsp3) is 0.684. The third-order valence-electron chi connectivity index (χ3n) is 5.54. The Hall–Kier alpha value is -1.71. The Kier molecular flexibility index (Phi) is 7.13. The van der Waals surface area contributed by atoms with Crippen molar-refractivity contribution < 1.29 is 14.4 Å². The molecule has 1 aromatic heterocycles. The molecule has 1 aromatic rings. The molecule has 3 atom stereocenters. The maximum Gasteiger partial charge on any atom is 0.280 e. The van der Waals surface area contributed by atoms with Gasteiger partial charge in [-0.05, 0) is 26.3 Å². The number of amides is 3. The van der Waals surface area contributed by atoms with Crippen LogP contribution < -0.4 is 10.6 Å². The second kappa shape index (κ2) is 9.40. The molecule has 0 radical (unpaired) electrons. The number of carbonyl (C=O) groups excluding carboxylic acids is 3. The standard InChI is InChI=1S/C19H28ClN5O3S/c1-24(2)19(28)11-4-5-12(21-16(26)9-20)14(8-11)22-17(27)18-23-13-6-7-25(3)10-15(13)29-18/h11-12,14H,4-10H2,1-3H3,(H,21,26)(H,22,27)/t11-,12-,14+/m0/s1. The molecule has 2 heterocycles. The second-order valence-corrected chi connectivity index (χ2v) is 9.36. The van der Waals surface area contributed by atoms with Crippen LogP contribution in [0.4, 0.5) is 0 Å². The SMILES string of the molecule is CN1CCc2nc(C(=O)N[C@@H]3C[C@@H](C(=O)N(C)C)CC[C@@H]3NC(=O)CCl)sc2C1. The van der Waals surface area contributed by atoms with Gasteiger partial charge in [0.15, 0.2) is 5.01 Å². The van der Waals surface area contributed by atoms with E-state index in [1.165, 1.54) is 11.3 Å². The van der Waals surface area contributed by atoms with Crippen molar-refractivity contribution in [2.24, 2.45) is 5.92 Å². The Bertz CT molecular complexity index is 784. The van der Waals surface area contributed by atoms with Crippen LogP contribution in [0.15, 0.2) is 0 Å². The van der Waals surface area contributed by atoms with Crippen molar-refractivity contribution in [3.05, 3.63) is 15.6 Å². The molecular weight excluding hydrogens is 414 g/mol. The zero-order chi connectivity index (χ0) is 21.1. The maximum atomic E-state index is 12.9. The van der Waals surface area contributed by atoms with E-state index in [0.717, 1.165) is 30.1 Å². The third kappa shape index (κ3) is 5.26. The van der Waals surface area contributed by atoms with Crippen LogP contribution in [0.3, 0.4) is 0 Å².